The van der Waals surface area contributed by atoms with Gasteiger partial charge in [-0.1, -0.05) is 60.7 Å². The maximum atomic E-state index is 13.4. The monoisotopic (exact) mass is 749 g/mol. The normalized spacial score (nSPS) is 20.2. The minimum Gasteiger partial charge on any atom is -0.506 e. The molecule has 7 rings (SSSR count). The average Bonchev–Trinajstić information content (AvgIpc) is 3.92. The van der Waals surface area contributed by atoms with E-state index in [1.807, 2.05) is 30.3 Å². The van der Waals surface area contributed by atoms with E-state index >= 15 is 0 Å². The predicted molar refractivity (Wildman–Crippen MR) is 210 cm³/mol. The molecule has 54 heavy (non-hydrogen) atoms. The number of fused-ring (bicyclic) bond motifs is 2. The highest BCUT2D eigenvalue weighted by Crippen LogP contribution is 2.48. The topological polar surface area (TPSA) is 167 Å². The highest BCUT2D eigenvalue weighted by Gasteiger charge is 2.55. The highest BCUT2D eigenvalue weighted by molar-refractivity contribution is 7.14. The molecule has 5 aromatic rings. The Morgan fingerprint density at radius 2 is 1.76 bits per heavy atom. The SMILES string of the molecule is O=C(NCCCCNCC(O)c1ccc(O)c2[nH]c(=O)ccc12)c1ccc(CN[C@@]2(C(=O)O)c3ccccc3CC2C2CCN(Cc3ccccc3)C2)s1. The average molecular weight is 750 g/mol. The predicted octanol–water partition coefficient (Wildman–Crippen LogP) is 4.89. The summed E-state index contributed by atoms with van der Waals surface area (Å²) in [6.45, 7) is 4.41. The van der Waals surface area contributed by atoms with Gasteiger partial charge in [0.2, 0.25) is 5.56 Å². The zero-order valence-corrected chi connectivity index (χ0v) is 30.9. The Bertz CT molecular complexity index is 2150. The van der Waals surface area contributed by atoms with E-state index < -0.39 is 17.6 Å². The minimum absolute atomic E-state index is 0.0506. The van der Waals surface area contributed by atoms with E-state index in [0.29, 0.717) is 53.9 Å². The second-order valence-electron chi connectivity index (χ2n) is 14.4. The number of phenolic OH excluding ortho intramolecular Hbond substituents is 1. The van der Waals surface area contributed by atoms with Gasteiger partial charge in [-0.3, -0.25) is 19.8 Å². The standard InChI is InChI=1S/C42H47N5O6S/c48-35-15-13-31(32-14-17-38(50)46-39(32)35)36(49)24-43-19-6-7-20-44-40(51)37-16-12-30(54-37)23-45-42(41(52)53)33-11-5-4-10-28(33)22-34(42)29-18-21-47(26-29)25-27-8-2-1-3-9-27/h1-5,8-17,29,34,36,43,45,48-49H,6-7,18-26H2,(H,44,51)(H,46,50)(H,52,53)/t29?,34?,36?,42-/m0/s1. The number of rotatable bonds is 16. The van der Waals surface area contributed by atoms with Gasteiger partial charge in [-0.15, -0.1) is 11.3 Å². The lowest BCUT2D eigenvalue weighted by atomic mass is 9.75. The molecular formula is C42H47N5O6S. The van der Waals surface area contributed by atoms with Crippen LogP contribution in [-0.2, 0) is 29.8 Å². The van der Waals surface area contributed by atoms with Gasteiger partial charge in [0.05, 0.1) is 16.5 Å². The van der Waals surface area contributed by atoms with Crippen molar-refractivity contribution in [2.45, 2.75) is 50.4 Å². The first-order valence-electron chi connectivity index (χ1n) is 18.7. The quantitative estimate of drug-likeness (QED) is 0.0696. The van der Waals surface area contributed by atoms with Crippen LogP contribution in [0.2, 0.25) is 0 Å². The Hall–Kier alpha value is -4.85. The fourth-order valence-corrected chi connectivity index (χ4v) is 9.19. The van der Waals surface area contributed by atoms with Crippen LogP contribution in [0.15, 0.2) is 95.8 Å². The van der Waals surface area contributed by atoms with Crippen molar-refractivity contribution >= 4 is 34.1 Å². The first-order chi connectivity index (χ1) is 26.2. The first kappa shape index (κ1) is 37.5. The number of nitrogens with zero attached hydrogens (tertiary/aromatic N) is 1. The fourth-order valence-electron chi connectivity index (χ4n) is 8.33. The molecule has 12 heteroatoms. The number of aliphatic carboxylic acids is 1. The molecule has 0 radical (unpaired) electrons. The Balaban J connectivity index is 0.895. The van der Waals surface area contributed by atoms with Gasteiger partial charge in [-0.2, -0.15) is 0 Å². The van der Waals surface area contributed by atoms with Crippen molar-refractivity contribution in [1.82, 2.24) is 25.8 Å². The number of hydrogen-bond acceptors (Lipinski definition) is 9. The van der Waals surface area contributed by atoms with E-state index in [2.05, 4.69) is 56.2 Å². The van der Waals surface area contributed by atoms with Crippen LogP contribution in [0.3, 0.4) is 0 Å². The van der Waals surface area contributed by atoms with Gasteiger partial charge < -0.3 is 30.9 Å². The van der Waals surface area contributed by atoms with Crippen LogP contribution in [0.1, 0.15) is 62.2 Å². The number of thiophene rings is 1. The second-order valence-corrected chi connectivity index (χ2v) is 15.6. The summed E-state index contributed by atoms with van der Waals surface area (Å²) in [5.41, 5.74) is 2.54. The number of H-pyrrole nitrogens is 1. The Labute approximate surface area is 318 Å². The lowest BCUT2D eigenvalue weighted by Gasteiger charge is -2.37. The molecule has 2 aliphatic rings. The van der Waals surface area contributed by atoms with E-state index in [0.717, 1.165) is 54.9 Å². The summed E-state index contributed by atoms with van der Waals surface area (Å²) in [5.74, 6) is -0.946. The van der Waals surface area contributed by atoms with E-state index in [1.54, 1.807) is 18.2 Å². The molecule has 0 saturated carbocycles. The van der Waals surface area contributed by atoms with Gasteiger partial charge >= 0.3 is 5.97 Å². The molecule has 1 saturated heterocycles. The molecule has 0 spiro atoms. The number of carbonyl (C=O) groups is 2. The van der Waals surface area contributed by atoms with Gasteiger partial charge in [0.1, 0.15) is 11.3 Å². The molecule has 1 aliphatic heterocycles. The highest BCUT2D eigenvalue weighted by atomic mass is 32.1. The van der Waals surface area contributed by atoms with E-state index in [4.69, 9.17) is 0 Å². The molecule has 1 amide bonds. The number of aromatic hydroxyl groups is 1. The molecule has 0 bridgehead atoms. The van der Waals surface area contributed by atoms with Gasteiger partial charge in [0.15, 0.2) is 0 Å². The zero-order valence-electron chi connectivity index (χ0n) is 30.1. The number of benzene rings is 3. The minimum atomic E-state index is -1.22. The number of hydrogen-bond donors (Lipinski definition) is 7. The lowest BCUT2D eigenvalue weighted by Crippen LogP contribution is -2.54. The van der Waals surface area contributed by atoms with E-state index in [1.165, 1.54) is 29.0 Å². The number of aliphatic hydroxyl groups is 1. The number of aromatic nitrogens is 1. The summed E-state index contributed by atoms with van der Waals surface area (Å²) in [5, 5.41) is 42.1. The molecule has 7 N–H and O–H groups in total. The van der Waals surface area contributed by atoms with Crippen LogP contribution in [-0.4, -0.2) is 69.8 Å². The summed E-state index contributed by atoms with van der Waals surface area (Å²) in [4.78, 5) is 44.6. The van der Waals surface area contributed by atoms with Crippen LogP contribution in [0.25, 0.3) is 10.9 Å². The van der Waals surface area contributed by atoms with Crippen molar-refractivity contribution in [3.05, 3.63) is 133 Å². The number of carboxylic acid groups (broad SMARTS) is 1. The molecule has 3 heterocycles. The number of aromatic amines is 1. The van der Waals surface area contributed by atoms with Crippen molar-refractivity contribution < 1.29 is 24.9 Å². The van der Waals surface area contributed by atoms with Crippen molar-refractivity contribution in [3.8, 4) is 5.75 Å². The van der Waals surface area contributed by atoms with Crippen molar-refractivity contribution in [2.75, 3.05) is 32.7 Å². The number of likely N-dealkylation sites (tertiary alicyclic amines) is 1. The fraction of sp³-hybridized carbons (Fsp3) is 0.357. The van der Waals surface area contributed by atoms with Crippen molar-refractivity contribution in [2.24, 2.45) is 11.8 Å². The summed E-state index contributed by atoms with van der Waals surface area (Å²) in [7, 11) is 0. The van der Waals surface area contributed by atoms with E-state index in [9.17, 15) is 29.7 Å². The maximum absolute atomic E-state index is 13.4. The third-order valence-corrected chi connectivity index (χ3v) is 12.1. The van der Waals surface area contributed by atoms with Crippen LogP contribution >= 0.6 is 11.3 Å². The maximum Gasteiger partial charge on any atom is 0.328 e. The van der Waals surface area contributed by atoms with Gasteiger partial charge in [0, 0.05) is 55.0 Å². The molecular weight excluding hydrogens is 703 g/mol. The Morgan fingerprint density at radius 3 is 2.59 bits per heavy atom. The number of phenols is 1. The smallest absolute Gasteiger partial charge is 0.328 e. The summed E-state index contributed by atoms with van der Waals surface area (Å²) in [6.07, 6.45) is 2.35. The molecule has 3 unspecified atom stereocenters. The third-order valence-electron chi connectivity index (χ3n) is 11.0. The molecule has 282 valence electrons. The largest absolute Gasteiger partial charge is 0.506 e. The number of carbonyl (C=O) groups excluding carboxylic acids is 1. The number of unbranched alkanes of at least 4 members (excludes halogenated alkanes) is 1. The molecule has 2 aromatic heterocycles. The van der Waals surface area contributed by atoms with E-state index in [-0.39, 0.29) is 29.1 Å². The number of amides is 1. The summed E-state index contributed by atoms with van der Waals surface area (Å²) >= 11 is 1.38. The molecule has 1 fully saturated rings. The zero-order chi connectivity index (χ0) is 37.7. The van der Waals surface area contributed by atoms with Gasteiger partial charge in [-0.25, -0.2) is 4.79 Å². The first-order valence-corrected chi connectivity index (χ1v) is 19.5. The second kappa shape index (κ2) is 16.7. The van der Waals surface area contributed by atoms with Crippen molar-refractivity contribution in [3.63, 3.8) is 0 Å². The lowest BCUT2D eigenvalue weighted by molar-refractivity contribution is -0.148. The molecule has 11 nitrogen and oxygen atoms in total. The Morgan fingerprint density at radius 1 is 0.963 bits per heavy atom. The third kappa shape index (κ3) is 7.98. The molecule has 1 aliphatic carbocycles. The van der Waals surface area contributed by atoms with Crippen LogP contribution in [0.5, 0.6) is 5.75 Å². The van der Waals surface area contributed by atoms with Gasteiger partial charge in [0.25, 0.3) is 5.91 Å². The number of nitrogens with one attached hydrogen (secondary N) is 4. The van der Waals surface area contributed by atoms with Crippen LogP contribution in [0, 0.1) is 11.8 Å². The Kier molecular flexibility index (Phi) is 11.6. The van der Waals surface area contributed by atoms with Crippen LogP contribution in [0.4, 0.5) is 0 Å². The number of carboxylic acids is 1. The summed E-state index contributed by atoms with van der Waals surface area (Å²) < 4.78 is 0. The number of pyridine rings is 1. The van der Waals surface area contributed by atoms with Crippen LogP contribution < -0.4 is 21.5 Å². The summed E-state index contributed by atoms with van der Waals surface area (Å²) in [6, 6.07) is 28.1. The molecule has 4 atom stereocenters. The molecule has 3 aromatic carbocycles. The van der Waals surface area contributed by atoms with Crippen molar-refractivity contribution in [1.29, 1.82) is 0 Å². The van der Waals surface area contributed by atoms with Gasteiger partial charge in [-0.05, 0) is 91.2 Å². The number of aliphatic hydroxyl groups excluding tert-OH is 1.